The van der Waals surface area contributed by atoms with Gasteiger partial charge >= 0.3 is 0 Å². The quantitative estimate of drug-likeness (QED) is 0.605. The molecule has 27 heavy (non-hydrogen) atoms. The molecule has 0 unspecified atom stereocenters. The van der Waals surface area contributed by atoms with Crippen LogP contribution in [0.3, 0.4) is 0 Å². The van der Waals surface area contributed by atoms with Gasteiger partial charge in [0.25, 0.3) is 15.9 Å². The number of sulfonamides is 1. The third kappa shape index (κ3) is 5.43. The smallest absolute Gasteiger partial charge is 0.263 e. The van der Waals surface area contributed by atoms with E-state index in [4.69, 9.17) is 16.3 Å². The predicted octanol–water partition coefficient (Wildman–Crippen LogP) is 3.61. The Kier molecular flexibility index (Phi) is 5.94. The number of nitrogens with zero attached hydrogens (tertiary/aromatic N) is 1. The van der Waals surface area contributed by atoms with Crippen LogP contribution in [0.1, 0.15) is 0 Å². The highest BCUT2D eigenvalue weighted by Crippen LogP contribution is 2.20. The number of ether oxygens (including phenoxy) is 1. The molecular weight excluding hydrogens is 410 g/mol. The van der Waals surface area contributed by atoms with E-state index in [9.17, 15) is 13.2 Å². The van der Waals surface area contributed by atoms with Crippen molar-refractivity contribution in [1.82, 2.24) is 4.98 Å². The summed E-state index contributed by atoms with van der Waals surface area (Å²) < 4.78 is 32.2. The van der Waals surface area contributed by atoms with Crippen LogP contribution in [0.5, 0.6) is 5.75 Å². The van der Waals surface area contributed by atoms with E-state index in [-0.39, 0.29) is 22.5 Å². The summed E-state index contributed by atoms with van der Waals surface area (Å²) in [6.45, 7) is -0.202. The van der Waals surface area contributed by atoms with Crippen LogP contribution in [-0.2, 0) is 14.8 Å². The van der Waals surface area contributed by atoms with E-state index in [1.165, 1.54) is 41.8 Å². The summed E-state index contributed by atoms with van der Waals surface area (Å²) in [5, 5.41) is 5.09. The van der Waals surface area contributed by atoms with Crippen molar-refractivity contribution in [3.05, 3.63) is 65.1 Å². The van der Waals surface area contributed by atoms with Crippen molar-refractivity contribution in [1.29, 1.82) is 0 Å². The maximum Gasteiger partial charge on any atom is 0.263 e. The van der Waals surface area contributed by atoms with E-state index in [0.29, 0.717) is 16.5 Å². The van der Waals surface area contributed by atoms with Crippen molar-refractivity contribution in [3.63, 3.8) is 0 Å². The largest absolute Gasteiger partial charge is 0.484 e. The fraction of sp³-hybridized carbons (Fsp3) is 0.0588. The fourth-order valence-electron chi connectivity index (χ4n) is 2.07. The SMILES string of the molecule is O=C(COc1cccc(Cl)c1)Nc1ccc(S(=O)(=O)Nc2nccs2)cc1. The predicted molar refractivity (Wildman–Crippen MR) is 105 cm³/mol. The number of rotatable bonds is 7. The molecular formula is C17H14ClN3O4S2. The molecule has 0 aliphatic carbocycles. The number of hydrogen-bond acceptors (Lipinski definition) is 6. The van der Waals surface area contributed by atoms with E-state index < -0.39 is 10.0 Å². The first-order chi connectivity index (χ1) is 12.9. The highest BCUT2D eigenvalue weighted by molar-refractivity contribution is 7.93. The van der Waals surface area contributed by atoms with Gasteiger partial charge in [-0.25, -0.2) is 13.4 Å². The fourth-order valence-corrected chi connectivity index (χ4v) is 4.04. The Morgan fingerprint density at radius 2 is 1.96 bits per heavy atom. The number of amides is 1. The third-order valence-corrected chi connectivity index (χ3v) is 5.68. The van der Waals surface area contributed by atoms with Gasteiger partial charge in [0.15, 0.2) is 11.7 Å². The summed E-state index contributed by atoms with van der Waals surface area (Å²) in [4.78, 5) is 15.9. The zero-order valence-corrected chi connectivity index (χ0v) is 16.1. The molecule has 1 heterocycles. The Morgan fingerprint density at radius 3 is 2.63 bits per heavy atom. The standard InChI is InChI=1S/C17H14ClN3O4S2/c18-12-2-1-3-14(10-12)25-11-16(22)20-13-4-6-15(7-5-13)27(23,24)21-17-19-8-9-26-17/h1-10H,11H2,(H,19,21)(H,20,22). The second kappa shape index (κ2) is 8.38. The van der Waals surface area contributed by atoms with Crippen LogP contribution in [0.15, 0.2) is 65.0 Å². The highest BCUT2D eigenvalue weighted by Gasteiger charge is 2.15. The lowest BCUT2D eigenvalue weighted by molar-refractivity contribution is -0.118. The van der Waals surface area contributed by atoms with Gasteiger partial charge in [-0.15, -0.1) is 11.3 Å². The van der Waals surface area contributed by atoms with Gasteiger partial charge in [0, 0.05) is 22.3 Å². The topological polar surface area (TPSA) is 97.4 Å². The lowest BCUT2D eigenvalue weighted by atomic mass is 10.3. The molecule has 0 bridgehead atoms. The second-order valence-electron chi connectivity index (χ2n) is 5.26. The first-order valence-corrected chi connectivity index (χ1v) is 10.4. The van der Waals surface area contributed by atoms with Gasteiger partial charge < -0.3 is 10.1 Å². The molecule has 0 spiro atoms. The van der Waals surface area contributed by atoms with E-state index in [1.54, 1.807) is 29.6 Å². The van der Waals surface area contributed by atoms with Crippen LogP contribution in [0.4, 0.5) is 10.8 Å². The van der Waals surface area contributed by atoms with E-state index >= 15 is 0 Å². The van der Waals surface area contributed by atoms with Gasteiger partial charge in [0.2, 0.25) is 0 Å². The zero-order valence-electron chi connectivity index (χ0n) is 13.8. The normalized spacial score (nSPS) is 11.0. The Hall–Kier alpha value is -2.62. The maximum atomic E-state index is 12.3. The Balaban J connectivity index is 1.57. The van der Waals surface area contributed by atoms with Crippen LogP contribution >= 0.6 is 22.9 Å². The summed E-state index contributed by atoms with van der Waals surface area (Å²) in [7, 11) is -3.73. The maximum absolute atomic E-state index is 12.3. The molecule has 0 atom stereocenters. The number of nitrogens with one attached hydrogen (secondary N) is 2. The summed E-state index contributed by atoms with van der Waals surface area (Å²) in [6.07, 6.45) is 1.51. The molecule has 0 aliphatic heterocycles. The number of carbonyl (C=O) groups excluding carboxylic acids is 1. The van der Waals surface area contributed by atoms with Crippen LogP contribution in [0, 0.1) is 0 Å². The number of benzene rings is 2. The van der Waals surface area contributed by atoms with Gasteiger partial charge in [-0.1, -0.05) is 17.7 Å². The molecule has 7 nitrogen and oxygen atoms in total. The molecule has 0 radical (unpaired) electrons. The highest BCUT2D eigenvalue weighted by atomic mass is 35.5. The monoisotopic (exact) mass is 423 g/mol. The van der Waals surface area contributed by atoms with E-state index in [2.05, 4.69) is 15.0 Å². The first kappa shape index (κ1) is 19.2. The van der Waals surface area contributed by atoms with Crippen LogP contribution in [-0.4, -0.2) is 25.9 Å². The van der Waals surface area contributed by atoms with Gasteiger partial charge in [-0.2, -0.15) is 0 Å². The van der Waals surface area contributed by atoms with Gasteiger partial charge in [-0.05, 0) is 42.5 Å². The van der Waals surface area contributed by atoms with Crippen molar-refractivity contribution in [3.8, 4) is 5.75 Å². The van der Waals surface area contributed by atoms with Gasteiger partial charge in [0.1, 0.15) is 5.75 Å². The van der Waals surface area contributed by atoms with Crippen molar-refractivity contribution in [2.24, 2.45) is 0 Å². The molecule has 10 heteroatoms. The Bertz CT molecular complexity index is 1020. The molecule has 0 fully saturated rings. The molecule has 2 aromatic carbocycles. The molecule has 0 saturated heterocycles. The second-order valence-corrected chi connectivity index (χ2v) is 8.27. The number of aromatic nitrogens is 1. The number of carbonyl (C=O) groups is 1. The molecule has 0 aliphatic rings. The number of thiazole rings is 1. The summed E-state index contributed by atoms with van der Waals surface area (Å²) in [6, 6.07) is 12.5. The van der Waals surface area contributed by atoms with Gasteiger partial charge in [0.05, 0.1) is 4.90 Å². The summed E-state index contributed by atoms with van der Waals surface area (Å²) in [5.74, 6) is 0.0962. The Labute approximate surface area is 165 Å². The summed E-state index contributed by atoms with van der Waals surface area (Å²) in [5.41, 5.74) is 0.447. The van der Waals surface area contributed by atoms with E-state index in [0.717, 1.165) is 0 Å². The van der Waals surface area contributed by atoms with E-state index in [1.807, 2.05) is 0 Å². The van der Waals surface area contributed by atoms with Crippen molar-refractivity contribution >= 4 is 49.7 Å². The van der Waals surface area contributed by atoms with Crippen LogP contribution < -0.4 is 14.8 Å². The van der Waals surface area contributed by atoms with Crippen LogP contribution in [0.2, 0.25) is 5.02 Å². The number of halogens is 1. The Morgan fingerprint density at radius 1 is 1.19 bits per heavy atom. The molecule has 140 valence electrons. The van der Waals surface area contributed by atoms with Crippen LogP contribution in [0.25, 0.3) is 0 Å². The molecule has 2 N–H and O–H groups in total. The van der Waals surface area contributed by atoms with Crippen molar-refractivity contribution in [2.75, 3.05) is 16.6 Å². The lowest BCUT2D eigenvalue weighted by Crippen LogP contribution is -2.20. The average molecular weight is 424 g/mol. The minimum atomic E-state index is -3.73. The number of anilines is 2. The van der Waals surface area contributed by atoms with Gasteiger partial charge in [-0.3, -0.25) is 9.52 Å². The third-order valence-electron chi connectivity index (χ3n) is 3.27. The lowest BCUT2D eigenvalue weighted by Gasteiger charge is -2.09. The minimum absolute atomic E-state index is 0.0610. The number of hydrogen-bond donors (Lipinski definition) is 2. The average Bonchev–Trinajstić information content (AvgIpc) is 3.13. The molecule has 3 aromatic rings. The molecule has 0 saturated carbocycles. The molecule has 1 aromatic heterocycles. The molecule has 1 amide bonds. The zero-order chi connectivity index (χ0) is 19.3. The minimum Gasteiger partial charge on any atom is -0.484 e. The molecule has 3 rings (SSSR count). The van der Waals surface area contributed by atoms with Crippen molar-refractivity contribution < 1.29 is 17.9 Å². The van der Waals surface area contributed by atoms with Crippen molar-refractivity contribution in [2.45, 2.75) is 4.90 Å². The summed E-state index contributed by atoms with van der Waals surface area (Å²) >= 11 is 7.03. The first-order valence-electron chi connectivity index (χ1n) is 7.63.